The van der Waals surface area contributed by atoms with Crippen LogP contribution in [0.4, 0.5) is 0 Å². The summed E-state index contributed by atoms with van der Waals surface area (Å²) in [6.45, 7) is 2.08. The van der Waals surface area contributed by atoms with E-state index in [2.05, 4.69) is 41.6 Å². The Kier molecular flexibility index (Phi) is 16.7. The van der Waals surface area contributed by atoms with E-state index < -0.39 is 0 Å². The molecule has 1 rings (SSSR count). The molecule has 0 amide bonds. The molecule has 11 heavy (non-hydrogen) atoms. The third-order valence-electron chi connectivity index (χ3n) is 0.940. The topological polar surface area (TPSA) is 17.1 Å². The summed E-state index contributed by atoms with van der Waals surface area (Å²) >= 11 is 3.85. The van der Waals surface area contributed by atoms with Gasteiger partial charge in [0.1, 0.15) is 0 Å². The standard InChI is InChI=1S/C7H8.CH3I.Ag.O/c1-7-5-3-2-4-6-7;1-2;;/h2-6H,1H3;1H3;;. The molecule has 0 spiro atoms. The third-order valence-corrected chi connectivity index (χ3v) is 0.940. The molecule has 0 aliphatic heterocycles. The van der Waals surface area contributed by atoms with Gasteiger partial charge in [0.2, 0.25) is 0 Å². The van der Waals surface area contributed by atoms with E-state index >= 15 is 0 Å². The summed E-state index contributed by atoms with van der Waals surface area (Å²) in [5, 5.41) is 0. The first-order valence-electron chi connectivity index (χ1n) is 2.91. The first-order valence-corrected chi connectivity index (χ1v) is 5.67. The fourth-order valence-electron chi connectivity index (χ4n) is 0.534. The summed E-state index contributed by atoms with van der Waals surface area (Å²) in [7, 11) is 0. The van der Waals surface area contributed by atoms with Crippen molar-refractivity contribution < 1.29 is 24.3 Å². The van der Waals surface area contributed by atoms with E-state index in [0.717, 1.165) is 0 Å². The van der Waals surface area contributed by atoms with Gasteiger partial charge in [-0.15, -0.1) is 0 Å². The molecule has 0 aliphatic rings. The average molecular weight is 358 g/mol. The molecular formula is C8H11AgIO. The Morgan fingerprint density at radius 2 is 1.45 bits per heavy atom. The summed E-state index contributed by atoms with van der Waals surface area (Å²) in [6, 6.07) is 10.3. The van der Waals surface area contributed by atoms with Gasteiger partial charge in [0, 0.05) is 0 Å². The van der Waals surface area contributed by atoms with Crippen LogP contribution < -0.4 is 0 Å². The number of benzene rings is 1. The van der Waals surface area contributed by atoms with Crippen LogP contribution in [0.3, 0.4) is 0 Å². The van der Waals surface area contributed by atoms with Crippen molar-refractivity contribution in [1.82, 2.24) is 0 Å². The Morgan fingerprint density at radius 1 is 1.09 bits per heavy atom. The Bertz CT molecular complexity index is 155. The van der Waals surface area contributed by atoms with Crippen molar-refractivity contribution in [3.63, 3.8) is 0 Å². The second-order valence-electron chi connectivity index (χ2n) is 1.65. The van der Waals surface area contributed by atoms with Crippen molar-refractivity contribution in [2.75, 3.05) is 4.93 Å². The molecule has 0 N–H and O–H groups in total. The summed E-state index contributed by atoms with van der Waals surface area (Å²) in [5.41, 5.74) is 1.32. The molecule has 3 heteroatoms. The zero-order valence-electron chi connectivity index (χ0n) is 6.47. The van der Waals surface area contributed by atoms with E-state index in [-0.39, 0.29) is 0 Å². The zero-order chi connectivity index (χ0) is 9.11. The fourth-order valence-corrected chi connectivity index (χ4v) is 0.534. The summed E-state index contributed by atoms with van der Waals surface area (Å²) in [4.78, 5) is 1.97. The fraction of sp³-hybridized carbons (Fsp3) is 0.250. The predicted octanol–water partition coefficient (Wildman–Crippen LogP) is 2.92. The molecule has 1 nitrogen and oxygen atoms in total. The minimum atomic E-state index is 1.32. The number of halogens is 1. The molecule has 1 aromatic carbocycles. The first kappa shape index (κ1) is 14.0. The van der Waals surface area contributed by atoms with Crippen molar-refractivity contribution in [3.05, 3.63) is 35.9 Å². The van der Waals surface area contributed by atoms with Gasteiger partial charge in [-0.05, 0) is 11.9 Å². The van der Waals surface area contributed by atoms with Crippen LogP contribution in [0.25, 0.3) is 0 Å². The van der Waals surface area contributed by atoms with Crippen LogP contribution in [-0.4, -0.2) is 4.93 Å². The van der Waals surface area contributed by atoms with E-state index in [1.54, 1.807) is 21.0 Å². The monoisotopic (exact) mass is 357 g/mol. The molecule has 0 atom stereocenters. The van der Waals surface area contributed by atoms with Crippen LogP contribution in [0.1, 0.15) is 5.56 Å². The molecule has 0 aliphatic carbocycles. The van der Waals surface area contributed by atoms with Gasteiger partial charge in [-0.3, -0.25) is 0 Å². The van der Waals surface area contributed by atoms with E-state index in [1.165, 1.54) is 5.56 Å². The average Bonchev–Trinajstić information content (AvgIpc) is 2.13. The number of aryl methyl sites for hydroxylation is 1. The van der Waals surface area contributed by atoms with Gasteiger partial charge in [-0.2, -0.15) is 0 Å². The molecule has 0 saturated heterocycles. The molecule has 1 aromatic rings. The van der Waals surface area contributed by atoms with Crippen molar-refractivity contribution in [3.8, 4) is 0 Å². The van der Waals surface area contributed by atoms with Gasteiger partial charge in [0.05, 0.1) is 0 Å². The molecule has 0 bridgehead atoms. The van der Waals surface area contributed by atoms with Gasteiger partial charge < -0.3 is 0 Å². The van der Waals surface area contributed by atoms with Crippen LogP contribution in [0.15, 0.2) is 30.3 Å². The van der Waals surface area contributed by atoms with Gasteiger partial charge in [-0.25, -0.2) is 0 Å². The summed E-state index contributed by atoms with van der Waals surface area (Å²) < 4.78 is 8.06. The quantitative estimate of drug-likeness (QED) is 0.396. The number of hydrogen-bond acceptors (Lipinski definition) is 1. The van der Waals surface area contributed by atoms with Crippen molar-refractivity contribution in [1.29, 1.82) is 0 Å². The van der Waals surface area contributed by atoms with E-state index in [9.17, 15) is 0 Å². The predicted molar refractivity (Wildman–Crippen MR) is 51.8 cm³/mol. The van der Waals surface area contributed by atoms with Gasteiger partial charge in [0.15, 0.2) is 0 Å². The molecule has 0 heterocycles. The van der Waals surface area contributed by atoms with Crippen LogP contribution >= 0.6 is 22.6 Å². The maximum absolute atomic E-state index is 8.06. The molecule has 67 valence electrons. The molecule has 0 unspecified atom stereocenters. The minimum absolute atomic E-state index is 1.32. The third kappa shape index (κ3) is 10.5. The van der Waals surface area contributed by atoms with Crippen molar-refractivity contribution in [2.45, 2.75) is 6.92 Å². The summed E-state index contributed by atoms with van der Waals surface area (Å²) in [5.74, 6) is 0. The molecule has 0 aromatic heterocycles. The molecular weight excluding hydrogens is 347 g/mol. The van der Waals surface area contributed by atoms with Crippen molar-refractivity contribution >= 4 is 22.6 Å². The number of alkyl halides is 1. The normalized spacial score (nSPS) is 6.64. The summed E-state index contributed by atoms with van der Waals surface area (Å²) in [6.07, 6.45) is 0. The molecule has 0 radical (unpaired) electrons. The molecule has 0 saturated carbocycles. The first-order chi connectivity index (χ1) is 5.39. The van der Waals surface area contributed by atoms with Gasteiger partial charge >= 0.3 is 24.3 Å². The maximum atomic E-state index is 8.06. The van der Waals surface area contributed by atoms with Gasteiger partial charge in [0.25, 0.3) is 0 Å². The van der Waals surface area contributed by atoms with Crippen LogP contribution in [0.2, 0.25) is 0 Å². The van der Waals surface area contributed by atoms with E-state index in [0.29, 0.717) is 0 Å². The van der Waals surface area contributed by atoms with Crippen LogP contribution in [-0.2, 0) is 24.3 Å². The van der Waals surface area contributed by atoms with E-state index in [1.807, 2.05) is 23.1 Å². The Balaban J connectivity index is 0. The van der Waals surface area contributed by atoms with Gasteiger partial charge in [-0.1, -0.05) is 58.5 Å². The Labute approximate surface area is 94.0 Å². The second kappa shape index (κ2) is 13.1. The second-order valence-corrected chi connectivity index (χ2v) is 1.65. The Morgan fingerprint density at radius 3 is 1.64 bits per heavy atom. The Hall–Kier alpha value is 0.490. The zero-order valence-corrected chi connectivity index (χ0v) is 10.1. The van der Waals surface area contributed by atoms with Crippen LogP contribution in [0, 0.1) is 6.92 Å². The number of rotatable bonds is 0. The SMILES string of the molecule is CI.Cc1ccccc1.[O]=[Ag]. The van der Waals surface area contributed by atoms with E-state index in [4.69, 9.17) is 3.25 Å². The van der Waals surface area contributed by atoms with Crippen LogP contribution in [0.5, 0.6) is 0 Å². The van der Waals surface area contributed by atoms with Crippen molar-refractivity contribution in [2.24, 2.45) is 0 Å². The number of hydrogen-bond donors (Lipinski definition) is 0. The molecule has 0 fully saturated rings.